The molecule has 0 spiro atoms. The maximum Gasteiger partial charge on any atom is 0.280 e. The van der Waals surface area contributed by atoms with Gasteiger partial charge in [-0.25, -0.2) is 0 Å². The second-order valence-corrected chi connectivity index (χ2v) is 9.39. The summed E-state index contributed by atoms with van der Waals surface area (Å²) in [4.78, 5) is 13.0. The lowest BCUT2D eigenvalue weighted by Gasteiger charge is -2.13. The third-order valence-electron chi connectivity index (χ3n) is 4.90. The van der Waals surface area contributed by atoms with Crippen LogP contribution >= 0.6 is 45.2 Å². The second kappa shape index (κ2) is 9.83. The van der Waals surface area contributed by atoms with Crippen LogP contribution in [0.5, 0.6) is 5.75 Å². The van der Waals surface area contributed by atoms with Crippen molar-refractivity contribution in [2.24, 2.45) is 5.10 Å². The highest BCUT2D eigenvalue weighted by Crippen LogP contribution is 2.32. The summed E-state index contributed by atoms with van der Waals surface area (Å²) in [5, 5.41) is 15.1. The number of carbonyl (C=O) groups excluding carboxylic acids is 1. The zero-order chi connectivity index (χ0) is 22.7. The smallest absolute Gasteiger partial charge is 0.280 e. The SMILES string of the molecule is CC1=NN(c2ccccc2)C(=O)/C1=C/c1cc(I)c(OCc2ccccc2C#N)c(I)c1. The Morgan fingerprint density at radius 3 is 2.41 bits per heavy atom. The van der Waals surface area contributed by atoms with Crippen LogP contribution in [0.2, 0.25) is 0 Å². The molecule has 0 radical (unpaired) electrons. The summed E-state index contributed by atoms with van der Waals surface area (Å²) < 4.78 is 7.91. The summed E-state index contributed by atoms with van der Waals surface area (Å²) in [5.74, 6) is 0.613. The zero-order valence-electron chi connectivity index (χ0n) is 17.0. The van der Waals surface area contributed by atoms with Crippen LogP contribution in [0.15, 0.2) is 77.4 Å². The van der Waals surface area contributed by atoms with E-state index in [0.717, 1.165) is 29.7 Å². The fraction of sp³-hybridized carbons (Fsp3) is 0.0800. The van der Waals surface area contributed by atoms with Crippen molar-refractivity contribution in [3.8, 4) is 11.8 Å². The number of nitrogens with zero attached hydrogens (tertiary/aromatic N) is 3. The van der Waals surface area contributed by atoms with Crippen LogP contribution in [0.3, 0.4) is 0 Å². The van der Waals surface area contributed by atoms with E-state index >= 15 is 0 Å². The van der Waals surface area contributed by atoms with Gasteiger partial charge in [0.25, 0.3) is 5.91 Å². The van der Waals surface area contributed by atoms with Crippen molar-refractivity contribution in [1.29, 1.82) is 5.26 Å². The van der Waals surface area contributed by atoms with E-state index in [-0.39, 0.29) is 5.91 Å². The Morgan fingerprint density at radius 1 is 1.06 bits per heavy atom. The maximum absolute atomic E-state index is 13.0. The molecule has 0 N–H and O–H groups in total. The summed E-state index contributed by atoms with van der Waals surface area (Å²) in [6.45, 7) is 2.15. The van der Waals surface area contributed by atoms with E-state index in [0.29, 0.717) is 23.5 Å². The molecular weight excluding hydrogens is 628 g/mol. The molecule has 1 aliphatic rings. The van der Waals surface area contributed by atoms with Crippen molar-refractivity contribution < 1.29 is 9.53 Å². The molecule has 7 heteroatoms. The number of benzene rings is 3. The van der Waals surface area contributed by atoms with Gasteiger partial charge in [0.15, 0.2) is 0 Å². The lowest BCUT2D eigenvalue weighted by atomic mass is 10.1. The van der Waals surface area contributed by atoms with E-state index in [1.165, 1.54) is 5.01 Å². The number of rotatable bonds is 5. The standard InChI is InChI=1S/C25H17I2N3O2/c1-16-21(25(31)30(29-16)20-9-3-2-4-10-20)11-17-12-22(26)24(23(27)13-17)32-15-19-8-6-5-7-18(19)14-28/h2-13H,15H2,1H3/b21-11+. The maximum atomic E-state index is 13.0. The number of anilines is 1. The molecule has 1 aliphatic heterocycles. The molecule has 0 atom stereocenters. The van der Waals surface area contributed by atoms with E-state index in [1.807, 2.05) is 73.7 Å². The van der Waals surface area contributed by atoms with Crippen LogP contribution in [-0.4, -0.2) is 11.6 Å². The summed E-state index contributed by atoms with van der Waals surface area (Å²) in [7, 11) is 0. The minimum absolute atomic E-state index is 0.146. The topological polar surface area (TPSA) is 65.7 Å². The van der Waals surface area contributed by atoms with Crippen molar-refractivity contribution in [3.05, 3.63) is 96.1 Å². The molecule has 1 amide bonds. The number of nitriles is 1. The molecule has 0 fully saturated rings. The lowest BCUT2D eigenvalue weighted by molar-refractivity contribution is -0.114. The first-order valence-corrected chi connectivity index (χ1v) is 11.9. The Balaban J connectivity index is 1.57. The molecule has 3 aromatic carbocycles. The van der Waals surface area contributed by atoms with Crippen LogP contribution in [0.4, 0.5) is 5.69 Å². The summed E-state index contributed by atoms with van der Waals surface area (Å²) in [6.07, 6.45) is 1.86. The number of ether oxygens (including phenoxy) is 1. The zero-order valence-corrected chi connectivity index (χ0v) is 21.4. The third-order valence-corrected chi connectivity index (χ3v) is 6.51. The average molecular weight is 645 g/mol. The third kappa shape index (κ3) is 4.71. The molecule has 0 saturated carbocycles. The molecule has 3 aromatic rings. The van der Waals surface area contributed by atoms with Crippen LogP contribution in [0.25, 0.3) is 6.08 Å². The first kappa shape index (κ1) is 22.5. The monoisotopic (exact) mass is 645 g/mol. The van der Waals surface area contributed by atoms with E-state index in [2.05, 4.69) is 56.4 Å². The molecule has 0 bridgehead atoms. The normalized spacial score (nSPS) is 14.4. The van der Waals surface area contributed by atoms with Crippen LogP contribution < -0.4 is 9.75 Å². The predicted molar refractivity (Wildman–Crippen MR) is 142 cm³/mol. The van der Waals surface area contributed by atoms with Gasteiger partial charge in [0.2, 0.25) is 0 Å². The molecule has 0 aromatic heterocycles. The van der Waals surface area contributed by atoms with Crippen molar-refractivity contribution in [3.63, 3.8) is 0 Å². The predicted octanol–water partition coefficient (Wildman–Crippen LogP) is 6.15. The highest BCUT2D eigenvalue weighted by Gasteiger charge is 2.28. The number of hydrazone groups is 1. The van der Waals surface area contributed by atoms with Crippen LogP contribution in [0, 0.1) is 18.5 Å². The molecular formula is C25H17I2N3O2. The van der Waals surface area contributed by atoms with Gasteiger partial charge in [-0.15, -0.1) is 0 Å². The molecule has 32 heavy (non-hydrogen) atoms. The van der Waals surface area contributed by atoms with Gasteiger partial charge in [0.1, 0.15) is 12.4 Å². The number of halogens is 2. The van der Waals surface area contributed by atoms with Gasteiger partial charge in [-0.3, -0.25) is 4.79 Å². The summed E-state index contributed by atoms with van der Waals surface area (Å²) in [6, 6.07) is 23.0. The molecule has 1 heterocycles. The van der Waals surface area contributed by atoms with E-state index in [9.17, 15) is 10.1 Å². The molecule has 5 nitrogen and oxygen atoms in total. The first-order valence-electron chi connectivity index (χ1n) is 9.74. The van der Waals surface area contributed by atoms with Crippen molar-refractivity contribution >= 4 is 68.6 Å². The molecule has 0 unspecified atom stereocenters. The highest BCUT2D eigenvalue weighted by atomic mass is 127. The fourth-order valence-electron chi connectivity index (χ4n) is 3.30. The Bertz CT molecular complexity index is 1270. The summed E-state index contributed by atoms with van der Waals surface area (Å²) in [5.41, 5.74) is 4.34. The molecule has 0 aliphatic carbocycles. The highest BCUT2D eigenvalue weighted by molar-refractivity contribution is 14.1. The van der Waals surface area contributed by atoms with Gasteiger partial charge in [-0.1, -0.05) is 36.4 Å². The van der Waals surface area contributed by atoms with Crippen LogP contribution in [-0.2, 0) is 11.4 Å². The molecule has 4 rings (SSSR count). The van der Waals surface area contributed by atoms with Crippen molar-refractivity contribution in [1.82, 2.24) is 0 Å². The van der Waals surface area contributed by atoms with E-state index < -0.39 is 0 Å². The number of carbonyl (C=O) groups is 1. The van der Waals surface area contributed by atoms with Gasteiger partial charge in [0, 0.05) is 5.56 Å². The number of hydrogen-bond acceptors (Lipinski definition) is 4. The molecule has 0 saturated heterocycles. The number of para-hydroxylation sites is 1. The fourth-order valence-corrected chi connectivity index (χ4v) is 5.43. The Labute approximate surface area is 213 Å². The minimum Gasteiger partial charge on any atom is -0.487 e. The lowest BCUT2D eigenvalue weighted by Crippen LogP contribution is -2.21. The van der Waals surface area contributed by atoms with Crippen LogP contribution in [0.1, 0.15) is 23.6 Å². The first-order chi connectivity index (χ1) is 15.5. The molecule has 158 valence electrons. The van der Waals surface area contributed by atoms with Gasteiger partial charge >= 0.3 is 0 Å². The van der Waals surface area contributed by atoms with Crippen molar-refractivity contribution in [2.45, 2.75) is 13.5 Å². The second-order valence-electron chi connectivity index (χ2n) is 7.07. The van der Waals surface area contributed by atoms with Crippen molar-refractivity contribution in [2.75, 3.05) is 5.01 Å². The van der Waals surface area contributed by atoms with Gasteiger partial charge in [-0.05, 0) is 94.1 Å². The van der Waals surface area contributed by atoms with E-state index in [4.69, 9.17) is 4.74 Å². The Hall–Kier alpha value is -2.71. The number of hydrogen-bond donors (Lipinski definition) is 0. The Kier molecular flexibility index (Phi) is 6.91. The quantitative estimate of drug-likeness (QED) is 0.247. The largest absolute Gasteiger partial charge is 0.487 e. The minimum atomic E-state index is -0.146. The average Bonchev–Trinajstić information content (AvgIpc) is 3.07. The van der Waals surface area contributed by atoms with E-state index in [1.54, 1.807) is 6.07 Å². The summed E-state index contributed by atoms with van der Waals surface area (Å²) >= 11 is 4.47. The van der Waals surface area contributed by atoms with Gasteiger partial charge in [0.05, 0.1) is 35.7 Å². The Morgan fingerprint density at radius 2 is 1.72 bits per heavy atom. The van der Waals surface area contributed by atoms with Gasteiger partial charge in [-0.2, -0.15) is 15.4 Å². The number of amides is 1. The van der Waals surface area contributed by atoms with Gasteiger partial charge < -0.3 is 4.74 Å².